The van der Waals surface area contributed by atoms with Crippen molar-refractivity contribution in [3.05, 3.63) is 29.8 Å². The van der Waals surface area contributed by atoms with Gasteiger partial charge in [-0.15, -0.1) is 0 Å². The van der Waals surface area contributed by atoms with Gasteiger partial charge in [-0.2, -0.15) is 0 Å². The maximum absolute atomic E-state index is 12.9. The average Bonchev–Trinajstić information content (AvgIpc) is 2.90. The molecule has 6 rings (SSSR count). The van der Waals surface area contributed by atoms with Crippen molar-refractivity contribution in [3.63, 3.8) is 0 Å². The van der Waals surface area contributed by atoms with E-state index < -0.39 is 0 Å². The fourth-order valence-corrected chi connectivity index (χ4v) is 5.96. The molecule has 2 aliphatic carbocycles. The van der Waals surface area contributed by atoms with E-state index in [-0.39, 0.29) is 6.03 Å². The van der Waals surface area contributed by atoms with Crippen LogP contribution in [0.4, 0.5) is 10.5 Å². The van der Waals surface area contributed by atoms with Crippen molar-refractivity contribution in [2.45, 2.75) is 44.7 Å². The average molecular weight is 370 g/mol. The number of anilines is 1. The highest BCUT2D eigenvalue weighted by Gasteiger charge is 2.43. The van der Waals surface area contributed by atoms with Gasteiger partial charge in [-0.25, -0.2) is 4.79 Å². The van der Waals surface area contributed by atoms with Gasteiger partial charge in [0.05, 0.1) is 13.2 Å². The van der Waals surface area contributed by atoms with Crippen LogP contribution in [0.25, 0.3) is 0 Å². The number of amides is 2. The summed E-state index contributed by atoms with van der Waals surface area (Å²) in [5, 5.41) is 3.19. The molecule has 146 valence electrons. The van der Waals surface area contributed by atoms with Crippen molar-refractivity contribution in [1.29, 1.82) is 0 Å². The van der Waals surface area contributed by atoms with E-state index in [9.17, 15) is 4.79 Å². The zero-order valence-corrected chi connectivity index (χ0v) is 16.1. The van der Waals surface area contributed by atoms with Crippen LogP contribution in [0.3, 0.4) is 0 Å². The maximum atomic E-state index is 12.9. The summed E-state index contributed by atoms with van der Waals surface area (Å²) in [5.41, 5.74) is 2.41. The van der Waals surface area contributed by atoms with Crippen LogP contribution in [0.2, 0.25) is 0 Å². The van der Waals surface area contributed by atoms with Crippen molar-refractivity contribution < 1.29 is 9.53 Å². The molecule has 0 radical (unpaired) electrons. The van der Waals surface area contributed by atoms with Crippen LogP contribution in [0, 0.1) is 17.8 Å². The molecule has 5 aliphatic rings. The molecule has 0 spiro atoms. The number of nitrogens with zero attached hydrogens (tertiary/aromatic N) is 2. The maximum Gasteiger partial charge on any atom is 0.317 e. The van der Waals surface area contributed by atoms with Crippen molar-refractivity contribution in [1.82, 2.24) is 10.2 Å². The number of morpholine rings is 1. The quantitative estimate of drug-likeness (QED) is 0.890. The number of benzene rings is 1. The monoisotopic (exact) mass is 369 g/mol. The van der Waals surface area contributed by atoms with E-state index in [4.69, 9.17) is 4.74 Å². The second-order valence-electron chi connectivity index (χ2n) is 9.01. The summed E-state index contributed by atoms with van der Waals surface area (Å²) in [5.74, 6) is 2.48. The number of carbonyl (C=O) groups is 1. The van der Waals surface area contributed by atoms with Gasteiger partial charge in [0.2, 0.25) is 0 Å². The second-order valence-corrected chi connectivity index (χ2v) is 9.01. The highest BCUT2D eigenvalue weighted by atomic mass is 16.5. The van der Waals surface area contributed by atoms with Crippen molar-refractivity contribution >= 4 is 11.7 Å². The van der Waals surface area contributed by atoms with Gasteiger partial charge < -0.3 is 19.9 Å². The Kier molecular flexibility index (Phi) is 4.72. The Balaban J connectivity index is 1.18. The number of carbonyl (C=O) groups excluding carboxylic acids is 1. The Labute approximate surface area is 162 Å². The third-order valence-corrected chi connectivity index (χ3v) is 7.12. The molecule has 2 unspecified atom stereocenters. The summed E-state index contributed by atoms with van der Waals surface area (Å²) < 4.78 is 5.42. The second kappa shape index (κ2) is 7.34. The SMILES string of the molecule is O=C(NCc1ccc(N2CCOCC2)cc1)N1CC2C[C@@H]3CC1C[C@H](C2)C3. The topological polar surface area (TPSA) is 44.8 Å². The molecule has 0 aromatic heterocycles. The van der Waals surface area contributed by atoms with Crippen LogP contribution in [-0.2, 0) is 11.3 Å². The summed E-state index contributed by atoms with van der Waals surface area (Å²) in [4.78, 5) is 17.4. The highest BCUT2D eigenvalue weighted by molar-refractivity contribution is 5.74. The van der Waals surface area contributed by atoms with Crippen LogP contribution in [0.15, 0.2) is 24.3 Å². The predicted octanol–water partition coefficient (Wildman–Crippen LogP) is 3.24. The molecule has 2 saturated carbocycles. The summed E-state index contributed by atoms with van der Waals surface area (Å²) >= 11 is 0. The van der Waals surface area contributed by atoms with Crippen molar-refractivity contribution in [2.75, 3.05) is 37.7 Å². The van der Waals surface area contributed by atoms with E-state index in [1.165, 1.54) is 43.4 Å². The lowest BCUT2D eigenvalue weighted by Gasteiger charge is -2.38. The molecule has 4 bridgehead atoms. The van der Waals surface area contributed by atoms with E-state index in [2.05, 4.69) is 39.4 Å². The Morgan fingerprint density at radius 1 is 0.963 bits per heavy atom. The van der Waals surface area contributed by atoms with Gasteiger partial charge in [-0.05, 0) is 67.6 Å². The van der Waals surface area contributed by atoms with E-state index in [0.29, 0.717) is 12.6 Å². The van der Waals surface area contributed by atoms with Crippen LogP contribution in [0.1, 0.15) is 37.7 Å². The normalized spacial score (nSPS) is 32.4. The molecule has 1 aromatic carbocycles. The van der Waals surface area contributed by atoms with Crippen molar-refractivity contribution in [2.24, 2.45) is 17.8 Å². The van der Waals surface area contributed by atoms with Crippen molar-refractivity contribution in [3.8, 4) is 0 Å². The number of ether oxygens (including phenoxy) is 1. The molecule has 1 N–H and O–H groups in total. The number of fused-ring (bicyclic) bond motifs is 1. The van der Waals surface area contributed by atoms with E-state index in [1.807, 2.05) is 0 Å². The smallest absolute Gasteiger partial charge is 0.317 e. The Bertz CT molecular complexity index is 657. The van der Waals surface area contributed by atoms with Crippen LogP contribution in [-0.4, -0.2) is 49.8 Å². The van der Waals surface area contributed by atoms with Gasteiger partial charge in [-0.1, -0.05) is 12.1 Å². The molecule has 3 aliphatic heterocycles. The minimum Gasteiger partial charge on any atom is -0.378 e. The van der Waals surface area contributed by atoms with Crippen LogP contribution < -0.4 is 10.2 Å². The molecule has 5 nitrogen and oxygen atoms in total. The predicted molar refractivity (Wildman–Crippen MR) is 106 cm³/mol. The Hall–Kier alpha value is -1.75. The zero-order valence-electron chi connectivity index (χ0n) is 16.1. The third-order valence-electron chi connectivity index (χ3n) is 7.12. The molecule has 27 heavy (non-hydrogen) atoms. The minimum atomic E-state index is 0.144. The van der Waals surface area contributed by atoms with E-state index in [1.54, 1.807) is 0 Å². The number of hydrogen-bond acceptors (Lipinski definition) is 3. The lowest BCUT2D eigenvalue weighted by atomic mass is 9.68. The molecule has 1 aromatic rings. The standard InChI is InChI=1S/C22H31N3O2/c26-22(25-15-19-10-17-9-18(11-19)13-21(25)12-17)23-14-16-1-3-20(4-2-16)24-5-7-27-8-6-24/h1-4,17-19,21H,5-15H2,(H,23,26)/t17-,18+,19?,21?. The van der Waals surface area contributed by atoms with Crippen LogP contribution >= 0.6 is 0 Å². The first kappa shape index (κ1) is 17.4. The zero-order chi connectivity index (χ0) is 18.2. The largest absolute Gasteiger partial charge is 0.378 e. The molecule has 3 saturated heterocycles. The first-order valence-electron chi connectivity index (χ1n) is 10.7. The van der Waals surface area contributed by atoms with Gasteiger partial charge in [0, 0.05) is 37.9 Å². The molecular formula is C22H31N3O2. The number of rotatable bonds is 3. The Morgan fingerprint density at radius 2 is 1.63 bits per heavy atom. The molecular weight excluding hydrogens is 338 g/mol. The van der Waals surface area contributed by atoms with Gasteiger partial charge in [0.15, 0.2) is 0 Å². The molecule has 5 fully saturated rings. The van der Waals surface area contributed by atoms with E-state index in [0.717, 1.165) is 50.6 Å². The minimum absolute atomic E-state index is 0.144. The van der Waals surface area contributed by atoms with Gasteiger partial charge >= 0.3 is 6.03 Å². The van der Waals surface area contributed by atoms with E-state index >= 15 is 0 Å². The summed E-state index contributed by atoms with van der Waals surface area (Å²) in [6, 6.07) is 9.23. The first-order chi connectivity index (χ1) is 13.2. The molecule has 5 heteroatoms. The fraction of sp³-hybridized carbons (Fsp3) is 0.682. The van der Waals surface area contributed by atoms with Crippen LogP contribution in [0.5, 0.6) is 0 Å². The summed E-state index contributed by atoms with van der Waals surface area (Å²) in [6.07, 6.45) is 6.57. The summed E-state index contributed by atoms with van der Waals surface area (Å²) in [7, 11) is 0. The summed E-state index contributed by atoms with van der Waals surface area (Å²) in [6.45, 7) is 5.10. The third kappa shape index (κ3) is 3.66. The number of hydrogen-bond donors (Lipinski definition) is 1. The lowest BCUT2D eigenvalue weighted by molar-refractivity contribution is 0.122. The molecule has 4 atom stereocenters. The molecule has 2 amide bonds. The number of urea groups is 1. The lowest BCUT2D eigenvalue weighted by Crippen LogP contribution is -2.47. The van der Waals surface area contributed by atoms with Gasteiger partial charge in [0.25, 0.3) is 0 Å². The molecule has 3 heterocycles. The fourth-order valence-electron chi connectivity index (χ4n) is 5.96. The number of nitrogens with one attached hydrogen (secondary N) is 1. The Morgan fingerprint density at radius 3 is 2.33 bits per heavy atom. The van der Waals surface area contributed by atoms with Gasteiger partial charge in [-0.3, -0.25) is 0 Å². The first-order valence-corrected chi connectivity index (χ1v) is 10.7. The van der Waals surface area contributed by atoms with Gasteiger partial charge in [0.1, 0.15) is 0 Å². The highest BCUT2D eigenvalue weighted by Crippen LogP contribution is 2.47.